The lowest BCUT2D eigenvalue weighted by Crippen LogP contribution is -2.49. The Balaban J connectivity index is 2.02. The van der Waals surface area contributed by atoms with Gasteiger partial charge in [-0.1, -0.05) is 6.07 Å². The largest absolute Gasteiger partial charge is 0.418 e. The van der Waals surface area contributed by atoms with Crippen molar-refractivity contribution in [3.05, 3.63) is 23.8 Å². The fourth-order valence-corrected chi connectivity index (χ4v) is 3.01. The highest BCUT2D eigenvalue weighted by molar-refractivity contribution is 6.02. The summed E-state index contributed by atoms with van der Waals surface area (Å²) in [6.45, 7) is 1.74. The van der Waals surface area contributed by atoms with Crippen molar-refractivity contribution in [1.29, 1.82) is 0 Å². The van der Waals surface area contributed by atoms with Gasteiger partial charge in [0.05, 0.1) is 23.5 Å². The lowest BCUT2D eigenvalue weighted by Gasteiger charge is -2.40. The summed E-state index contributed by atoms with van der Waals surface area (Å²) in [6.07, 6.45) is -2.83. The Morgan fingerprint density at radius 2 is 1.90 bits per heavy atom. The van der Waals surface area contributed by atoms with Gasteiger partial charge in [0.25, 0.3) is 0 Å². The number of rotatable bonds is 1. The maximum Gasteiger partial charge on any atom is 0.418 e. The van der Waals surface area contributed by atoms with E-state index in [2.05, 4.69) is 10.6 Å². The second kappa shape index (κ2) is 5.22. The molecule has 3 rings (SSSR count). The van der Waals surface area contributed by atoms with Gasteiger partial charge in [0.1, 0.15) is 0 Å². The molecule has 4 nitrogen and oxygen atoms in total. The normalized spacial score (nSPS) is 20.1. The summed E-state index contributed by atoms with van der Waals surface area (Å²) in [6, 6.07) is 4.14. The Bertz CT molecular complexity index is 553. The minimum atomic E-state index is -4.48. The number of nitrogens with zero attached hydrogens (tertiary/aromatic N) is 1. The number of amides is 1. The summed E-state index contributed by atoms with van der Waals surface area (Å²) in [5, 5.41) is 5.61. The van der Waals surface area contributed by atoms with E-state index in [1.807, 2.05) is 4.90 Å². The van der Waals surface area contributed by atoms with Crippen LogP contribution in [0.25, 0.3) is 0 Å². The number of hydrogen-bond acceptors (Lipinski definition) is 3. The number of benzene rings is 1. The van der Waals surface area contributed by atoms with E-state index >= 15 is 0 Å². The van der Waals surface area contributed by atoms with Crippen LogP contribution in [0.3, 0.4) is 0 Å². The van der Waals surface area contributed by atoms with E-state index in [-0.39, 0.29) is 18.3 Å². The van der Waals surface area contributed by atoms with E-state index in [0.717, 1.165) is 32.0 Å². The molecule has 2 heterocycles. The smallest absolute Gasteiger partial charge is 0.357 e. The molecule has 1 fully saturated rings. The van der Waals surface area contributed by atoms with Crippen molar-refractivity contribution >= 4 is 17.3 Å². The number of fused-ring (bicyclic) bond motifs is 1. The van der Waals surface area contributed by atoms with Gasteiger partial charge in [0.15, 0.2) is 0 Å². The summed E-state index contributed by atoms with van der Waals surface area (Å²) in [7, 11) is 0. The topological polar surface area (TPSA) is 44.4 Å². The first-order valence-corrected chi connectivity index (χ1v) is 6.94. The summed E-state index contributed by atoms with van der Waals surface area (Å²) < 4.78 is 39.3. The molecule has 7 heteroatoms. The molecule has 0 aromatic heterocycles. The molecule has 0 atom stereocenters. The number of nitrogens with one attached hydrogen (secondary N) is 2. The summed E-state index contributed by atoms with van der Waals surface area (Å²) in [4.78, 5) is 13.6. The van der Waals surface area contributed by atoms with E-state index in [9.17, 15) is 18.0 Å². The zero-order valence-electron chi connectivity index (χ0n) is 11.3. The SMILES string of the molecule is O=C1CN(C2CCNCC2)c2cccc(C(F)(F)F)c2N1. The van der Waals surface area contributed by atoms with Crippen LogP contribution in [0.1, 0.15) is 18.4 Å². The van der Waals surface area contributed by atoms with Gasteiger partial charge in [-0.05, 0) is 38.1 Å². The summed E-state index contributed by atoms with van der Waals surface area (Å²) in [5.41, 5.74) is -0.428. The second-order valence-electron chi connectivity index (χ2n) is 5.35. The van der Waals surface area contributed by atoms with Crippen LogP contribution in [-0.4, -0.2) is 31.6 Å². The number of carbonyl (C=O) groups is 1. The predicted octanol–water partition coefficient (Wildman–Crippen LogP) is 2.22. The fourth-order valence-electron chi connectivity index (χ4n) is 3.01. The first kappa shape index (κ1) is 14.2. The molecule has 1 amide bonds. The molecule has 0 saturated carbocycles. The second-order valence-corrected chi connectivity index (χ2v) is 5.35. The quantitative estimate of drug-likeness (QED) is 0.836. The highest BCUT2D eigenvalue weighted by Crippen LogP contribution is 2.42. The van der Waals surface area contributed by atoms with Gasteiger partial charge in [0.2, 0.25) is 5.91 Å². The lowest BCUT2D eigenvalue weighted by atomic mass is 10.0. The summed E-state index contributed by atoms with van der Waals surface area (Å²) in [5.74, 6) is -0.391. The van der Waals surface area contributed by atoms with Crippen molar-refractivity contribution in [2.75, 3.05) is 29.9 Å². The minimum absolute atomic E-state index is 0.0968. The number of halogens is 3. The summed E-state index contributed by atoms with van der Waals surface area (Å²) >= 11 is 0. The van der Waals surface area contributed by atoms with Crippen LogP contribution >= 0.6 is 0 Å². The predicted molar refractivity (Wildman–Crippen MR) is 73.3 cm³/mol. The van der Waals surface area contributed by atoms with Crippen LogP contribution in [0.2, 0.25) is 0 Å². The van der Waals surface area contributed by atoms with Gasteiger partial charge in [-0.15, -0.1) is 0 Å². The van der Waals surface area contributed by atoms with Crippen LogP contribution in [0.5, 0.6) is 0 Å². The third-order valence-electron chi connectivity index (χ3n) is 3.99. The number of hydrogen-bond donors (Lipinski definition) is 2. The number of para-hydroxylation sites is 1. The maximum atomic E-state index is 13.1. The number of piperidine rings is 1. The molecule has 1 saturated heterocycles. The first-order valence-electron chi connectivity index (χ1n) is 6.94. The van der Waals surface area contributed by atoms with Crippen LogP contribution in [0.15, 0.2) is 18.2 Å². The molecule has 1 aromatic rings. The molecule has 114 valence electrons. The molecule has 2 N–H and O–H groups in total. The van der Waals surface area contributed by atoms with Gasteiger partial charge < -0.3 is 15.5 Å². The zero-order chi connectivity index (χ0) is 15.0. The number of anilines is 2. The van der Waals surface area contributed by atoms with E-state index in [4.69, 9.17) is 0 Å². The van der Waals surface area contributed by atoms with Gasteiger partial charge >= 0.3 is 6.18 Å². The minimum Gasteiger partial charge on any atom is -0.357 e. The van der Waals surface area contributed by atoms with Crippen molar-refractivity contribution in [3.63, 3.8) is 0 Å². The Labute approximate surface area is 120 Å². The van der Waals surface area contributed by atoms with Crippen LogP contribution in [0.4, 0.5) is 24.5 Å². The molecule has 0 radical (unpaired) electrons. The van der Waals surface area contributed by atoms with E-state index in [1.165, 1.54) is 6.07 Å². The molecule has 0 aliphatic carbocycles. The first-order chi connectivity index (χ1) is 9.97. The highest BCUT2D eigenvalue weighted by atomic mass is 19.4. The molecular weight excluding hydrogens is 283 g/mol. The molecular formula is C14H16F3N3O. The van der Waals surface area contributed by atoms with Crippen molar-refractivity contribution in [3.8, 4) is 0 Å². The van der Waals surface area contributed by atoms with E-state index < -0.39 is 17.6 Å². The van der Waals surface area contributed by atoms with Crippen molar-refractivity contribution in [2.45, 2.75) is 25.1 Å². The molecule has 21 heavy (non-hydrogen) atoms. The molecule has 2 aliphatic heterocycles. The Morgan fingerprint density at radius 3 is 2.57 bits per heavy atom. The molecule has 2 aliphatic rings. The third kappa shape index (κ3) is 2.70. The van der Waals surface area contributed by atoms with E-state index in [0.29, 0.717) is 5.69 Å². The van der Waals surface area contributed by atoms with Crippen molar-refractivity contribution in [2.24, 2.45) is 0 Å². The third-order valence-corrected chi connectivity index (χ3v) is 3.99. The average molecular weight is 299 g/mol. The molecule has 0 spiro atoms. The van der Waals surface area contributed by atoms with Gasteiger partial charge in [-0.25, -0.2) is 0 Å². The molecule has 0 unspecified atom stereocenters. The Morgan fingerprint density at radius 1 is 1.19 bits per heavy atom. The highest BCUT2D eigenvalue weighted by Gasteiger charge is 2.38. The Kier molecular flexibility index (Phi) is 3.52. The maximum absolute atomic E-state index is 13.1. The van der Waals surface area contributed by atoms with Crippen molar-refractivity contribution < 1.29 is 18.0 Å². The molecule has 0 bridgehead atoms. The van der Waals surface area contributed by atoms with Gasteiger partial charge in [0, 0.05) is 6.04 Å². The average Bonchev–Trinajstić information content (AvgIpc) is 2.45. The van der Waals surface area contributed by atoms with Crippen molar-refractivity contribution in [1.82, 2.24) is 5.32 Å². The van der Waals surface area contributed by atoms with E-state index in [1.54, 1.807) is 6.07 Å². The van der Waals surface area contributed by atoms with Gasteiger partial charge in [-0.2, -0.15) is 13.2 Å². The number of alkyl halides is 3. The number of carbonyl (C=O) groups excluding carboxylic acids is 1. The molecule has 1 aromatic carbocycles. The Hall–Kier alpha value is -1.76. The monoisotopic (exact) mass is 299 g/mol. The zero-order valence-corrected chi connectivity index (χ0v) is 11.3. The fraction of sp³-hybridized carbons (Fsp3) is 0.500. The standard InChI is InChI=1S/C14H16F3N3O/c15-14(16,17)10-2-1-3-11-13(10)19-12(21)8-20(11)9-4-6-18-7-5-9/h1-3,9,18H,4-8H2,(H,19,21). The van der Waals surface area contributed by atoms with Crippen LogP contribution in [-0.2, 0) is 11.0 Å². The van der Waals surface area contributed by atoms with Crippen LogP contribution < -0.4 is 15.5 Å². The van der Waals surface area contributed by atoms with Crippen LogP contribution in [0, 0.1) is 0 Å². The van der Waals surface area contributed by atoms with Gasteiger partial charge in [-0.3, -0.25) is 4.79 Å². The lowest BCUT2D eigenvalue weighted by molar-refractivity contribution is -0.137.